The lowest BCUT2D eigenvalue weighted by molar-refractivity contribution is 0.446. The quantitative estimate of drug-likeness (QED) is 0.185. The largest absolute Gasteiger partial charge is 0.507 e. The fourth-order valence-corrected chi connectivity index (χ4v) is 6.34. The van der Waals surface area contributed by atoms with Crippen molar-refractivity contribution in [2.75, 3.05) is 0 Å². The number of para-hydroxylation sites is 2. The van der Waals surface area contributed by atoms with Crippen LogP contribution in [0.25, 0.3) is 22.3 Å². The van der Waals surface area contributed by atoms with E-state index >= 15 is 0 Å². The molecule has 6 aromatic rings. The van der Waals surface area contributed by atoms with E-state index in [0.29, 0.717) is 22.6 Å². The number of rotatable bonds is 8. The minimum Gasteiger partial charge on any atom is -0.507 e. The molecule has 0 unspecified atom stereocenters. The van der Waals surface area contributed by atoms with Crippen LogP contribution in [0.3, 0.4) is 0 Å². The monoisotopic (exact) mass is 586 g/mol. The minimum absolute atomic E-state index is 0.0441. The van der Waals surface area contributed by atoms with E-state index in [9.17, 15) is 18.6 Å². The van der Waals surface area contributed by atoms with Crippen molar-refractivity contribution in [3.63, 3.8) is 0 Å². The third-order valence-corrected chi connectivity index (χ3v) is 8.63. The second kappa shape index (κ2) is 11.8. The summed E-state index contributed by atoms with van der Waals surface area (Å²) in [7, 11) is -4.41. The van der Waals surface area contributed by atoms with Gasteiger partial charge in [0.1, 0.15) is 32.8 Å². The Kier molecular flexibility index (Phi) is 7.56. The zero-order chi connectivity index (χ0) is 29.8. The van der Waals surface area contributed by atoms with Gasteiger partial charge in [0.2, 0.25) is 9.84 Å². The third-order valence-electron chi connectivity index (χ3n) is 6.83. The molecule has 2 N–H and O–H groups in total. The van der Waals surface area contributed by atoms with Crippen molar-refractivity contribution in [2.24, 2.45) is 0 Å². The molecule has 6 nitrogen and oxygen atoms in total. The van der Waals surface area contributed by atoms with Crippen LogP contribution in [0.2, 0.25) is 0 Å². The molecule has 0 aliphatic rings. The summed E-state index contributed by atoms with van der Waals surface area (Å²) in [4.78, 5) is -0.369. The molecule has 7 heteroatoms. The molecule has 0 fully saturated rings. The number of ether oxygens (including phenoxy) is 2. The summed E-state index contributed by atoms with van der Waals surface area (Å²) in [6.07, 6.45) is 0. The first-order valence-corrected chi connectivity index (χ1v) is 15.0. The van der Waals surface area contributed by atoms with Crippen LogP contribution in [0.5, 0.6) is 34.5 Å². The van der Waals surface area contributed by atoms with Gasteiger partial charge in [0, 0.05) is 0 Å². The Labute approximate surface area is 249 Å². The lowest BCUT2D eigenvalue weighted by Gasteiger charge is -2.20. The highest BCUT2D eigenvalue weighted by atomic mass is 32.2. The summed E-state index contributed by atoms with van der Waals surface area (Å²) < 4.78 is 41.9. The molecule has 0 atom stereocenters. The number of phenolic OH excluding ortho intramolecular Hbond substituents is 2. The number of benzene rings is 6. The maximum absolute atomic E-state index is 14.7. The molecule has 6 rings (SSSR count). The summed E-state index contributed by atoms with van der Waals surface area (Å²) in [6.45, 7) is 0. The standard InChI is InChI=1S/C36H26O6S/c37-29-21-23-31(35(41-27-17-9-3-10-18-27)33(29)25-13-5-1-6-14-25)43(39,40)32-24-22-30(38)34(26-15-7-2-8-16-26)36(32)42-28-19-11-4-12-20-28/h1-24,37-38H. The summed E-state index contributed by atoms with van der Waals surface area (Å²) in [5, 5.41) is 22.1. The Morgan fingerprint density at radius 3 is 1.09 bits per heavy atom. The fraction of sp³-hybridized carbons (Fsp3) is 0. The van der Waals surface area contributed by atoms with E-state index in [4.69, 9.17) is 9.47 Å². The van der Waals surface area contributed by atoms with Gasteiger partial charge < -0.3 is 19.7 Å². The number of hydrogen-bond acceptors (Lipinski definition) is 6. The molecule has 0 aliphatic carbocycles. The van der Waals surface area contributed by atoms with Gasteiger partial charge in [-0.25, -0.2) is 8.42 Å². The molecule has 0 saturated carbocycles. The van der Waals surface area contributed by atoms with Crippen LogP contribution in [-0.2, 0) is 9.84 Å². The second-order valence-electron chi connectivity index (χ2n) is 9.64. The van der Waals surface area contributed by atoms with E-state index in [0.717, 1.165) is 0 Å². The van der Waals surface area contributed by atoms with Crippen molar-refractivity contribution in [1.82, 2.24) is 0 Å². The normalized spacial score (nSPS) is 11.2. The third kappa shape index (κ3) is 5.54. The molecule has 43 heavy (non-hydrogen) atoms. The van der Waals surface area contributed by atoms with Crippen LogP contribution < -0.4 is 9.47 Å². The zero-order valence-electron chi connectivity index (χ0n) is 22.8. The topological polar surface area (TPSA) is 93.1 Å². The van der Waals surface area contributed by atoms with Crippen LogP contribution in [0.15, 0.2) is 155 Å². The van der Waals surface area contributed by atoms with Crippen molar-refractivity contribution >= 4 is 9.84 Å². The van der Waals surface area contributed by atoms with E-state index in [1.54, 1.807) is 97.1 Å². The van der Waals surface area contributed by atoms with Gasteiger partial charge in [0.25, 0.3) is 0 Å². The predicted octanol–water partition coefficient (Wildman–Crippen LogP) is 8.85. The zero-order valence-corrected chi connectivity index (χ0v) is 23.6. The van der Waals surface area contributed by atoms with Crippen LogP contribution >= 0.6 is 0 Å². The van der Waals surface area contributed by atoms with Crippen molar-refractivity contribution in [1.29, 1.82) is 0 Å². The van der Waals surface area contributed by atoms with Crippen molar-refractivity contribution in [3.8, 4) is 56.8 Å². The maximum atomic E-state index is 14.7. The molecule has 0 aromatic heterocycles. The van der Waals surface area contributed by atoms with E-state index in [1.165, 1.54) is 24.3 Å². The molecular weight excluding hydrogens is 560 g/mol. The van der Waals surface area contributed by atoms with Gasteiger partial charge in [-0.1, -0.05) is 97.1 Å². The lowest BCUT2D eigenvalue weighted by Crippen LogP contribution is -2.08. The van der Waals surface area contributed by atoms with Crippen molar-refractivity contribution in [2.45, 2.75) is 9.79 Å². The SMILES string of the molecule is O=S(=O)(c1ccc(O)c(-c2ccccc2)c1Oc1ccccc1)c1ccc(O)c(-c2ccccc2)c1Oc1ccccc1. The van der Waals surface area contributed by atoms with E-state index in [2.05, 4.69) is 0 Å². The average Bonchev–Trinajstić information content (AvgIpc) is 3.03. The molecule has 0 heterocycles. The number of aromatic hydroxyl groups is 2. The van der Waals surface area contributed by atoms with Crippen molar-refractivity contribution in [3.05, 3.63) is 146 Å². The predicted molar refractivity (Wildman–Crippen MR) is 166 cm³/mol. The van der Waals surface area contributed by atoms with Crippen LogP contribution in [0, 0.1) is 0 Å². The number of sulfone groups is 1. The van der Waals surface area contributed by atoms with E-state index < -0.39 is 9.84 Å². The molecule has 0 amide bonds. The first kappa shape index (κ1) is 27.6. The summed E-state index contributed by atoms with van der Waals surface area (Å²) in [6, 6.07) is 40.7. The Bertz CT molecular complexity index is 1840. The minimum atomic E-state index is -4.41. The number of phenols is 2. The Morgan fingerprint density at radius 2 is 0.744 bits per heavy atom. The smallest absolute Gasteiger partial charge is 0.214 e. The first-order valence-electron chi connectivity index (χ1n) is 13.5. The Morgan fingerprint density at radius 1 is 0.419 bits per heavy atom. The van der Waals surface area contributed by atoms with Gasteiger partial charge in [-0.15, -0.1) is 0 Å². The highest BCUT2D eigenvalue weighted by Gasteiger charge is 2.32. The average molecular weight is 587 g/mol. The van der Waals surface area contributed by atoms with Gasteiger partial charge in [-0.05, 0) is 59.7 Å². The van der Waals surface area contributed by atoms with Gasteiger partial charge in [-0.2, -0.15) is 0 Å². The highest BCUT2D eigenvalue weighted by molar-refractivity contribution is 7.91. The maximum Gasteiger partial charge on any atom is 0.214 e. The molecule has 0 saturated heterocycles. The van der Waals surface area contributed by atoms with Gasteiger partial charge in [0.05, 0.1) is 11.1 Å². The summed E-state index contributed by atoms with van der Waals surface area (Å²) in [5.74, 6) is 0.395. The van der Waals surface area contributed by atoms with Crippen molar-refractivity contribution < 1.29 is 28.1 Å². The molecule has 0 radical (unpaired) electrons. The Balaban J connectivity index is 1.63. The second-order valence-corrected chi connectivity index (χ2v) is 11.5. The van der Waals surface area contributed by atoms with Crippen LogP contribution in [0.1, 0.15) is 0 Å². The molecular formula is C36H26O6S. The first-order chi connectivity index (χ1) is 20.9. The number of hydrogen-bond donors (Lipinski definition) is 2. The summed E-state index contributed by atoms with van der Waals surface area (Å²) >= 11 is 0. The lowest BCUT2D eigenvalue weighted by atomic mass is 10.0. The Hall–Kier alpha value is -5.53. The summed E-state index contributed by atoms with van der Waals surface area (Å²) in [5.41, 5.74) is 1.58. The van der Waals surface area contributed by atoms with E-state index in [-0.39, 0.29) is 43.9 Å². The fourth-order valence-electron chi connectivity index (χ4n) is 4.83. The highest BCUT2D eigenvalue weighted by Crippen LogP contribution is 2.50. The van der Waals surface area contributed by atoms with Crippen LogP contribution in [-0.4, -0.2) is 18.6 Å². The van der Waals surface area contributed by atoms with E-state index in [1.807, 2.05) is 24.3 Å². The molecule has 212 valence electrons. The van der Waals surface area contributed by atoms with Gasteiger partial charge >= 0.3 is 0 Å². The molecule has 0 aliphatic heterocycles. The molecule has 0 bridgehead atoms. The molecule has 0 spiro atoms. The van der Waals surface area contributed by atoms with Gasteiger partial charge in [0.15, 0.2) is 11.5 Å². The molecule has 6 aromatic carbocycles. The van der Waals surface area contributed by atoms with Crippen LogP contribution in [0.4, 0.5) is 0 Å². The van der Waals surface area contributed by atoms with Gasteiger partial charge in [-0.3, -0.25) is 0 Å².